The molecule has 0 aliphatic heterocycles. The van der Waals surface area contributed by atoms with Crippen LogP contribution in [0.5, 0.6) is 0 Å². The highest BCUT2D eigenvalue weighted by Crippen LogP contribution is 2.09. The van der Waals surface area contributed by atoms with Gasteiger partial charge in [0.25, 0.3) is 0 Å². The van der Waals surface area contributed by atoms with E-state index in [0.29, 0.717) is 17.8 Å². The molecule has 3 nitrogen and oxygen atoms in total. The molecular weight excluding hydrogens is 256 g/mol. The summed E-state index contributed by atoms with van der Waals surface area (Å²) >= 11 is 4.87. The third-order valence-corrected chi connectivity index (χ3v) is 3.47. The maximum Gasteiger partial charge on any atom is 0.222 e. The summed E-state index contributed by atoms with van der Waals surface area (Å²) in [5.41, 5.74) is 7.93. The highest BCUT2D eigenvalue weighted by atomic mass is 32.1. The summed E-state index contributed by atoms with van der Waals surface area (Å²) < 4.78 is 0. The molecule has 2 N–H and O–H groups in total. The lowest BCUT2D eigenvalue weighted by molar-refractivity contribution is -0.131. The molecule has 0 aromatic heterocycles. The third-order valence-electron chi connectivity index (χ3n) is 3.30. The zero-order valence-corrected chi connectivity index (χ0v) is 12.7. The van der Waals surface area contributed by atoms with Gasteiger partial charge in [0.1, 0.15) is 0 Å². The van der Waals surface area contributed by atoms with Crippen molar-refractivity contribution in [3.63, 3.8) is 0 Å². The molecule has 19 heavy (non-hydrogen) atoms. The normalized spacial score (nSPS) is 11.9. The van der Waals surface area contributed by atoms with Gasteiger partial charge in [-0.1, -0.05) is 42.0 Å². The molecule has 0 saturated carbocycles. The van der Waals surface area contributed by atoms with Crippen molar-refractivity contribution in [1.29, 1.82) is 0 Å². The van der Waals surface area contributed by atoms with Crippen molar-refractivity contribution in [2.75, 3.05) is 7.05 Å². The van der Waals surface area contributed by atoms with Crippen LogP contribution in [-0.4, -0.2) is 28.9 Å². The van der Waals surface area contributed by atoms with E-state index in [2.05, 4.69) is 31.2 Å². The van der Waals surface area contributed by atoms with Crippen LogP contribution in [0.2, 0.25) is 0 Å². The molecular formula is C15H22N2OS. The lowest BCUT2D eigenvalue weighted by atomic mass is 10.1. The molecule has 1 unspecified atom stereocenters. The number of hydrogen-bond donors (Lipinski definition) is 1. The first-order valence-corrected chi connectivity index (χ1v) is 6.90. The van der Waals surface area contributed by atoms with Gasteiger partial charge in [-0.3, -0.25) is 4.79 Å². The fraction of sp³-hybridized carbons (Fsp3) is 0.467. The zero-order chi connectivity index (χ0) is 14.4. The smallest absolute Gasteiger partial charge is 0.222 e. The molecule has 0 aliphatic carbocycles. The van der Waals surface area contributed by atoms with Gasteiger partial charge in [-0.05, 0) is 25.8 Å². The van der Waals surface area contributed by atoms with E-state index >= 15 is 0 Å². The van der Waals surface area contributed by atoms with E-state index < -0.39 is 0 Å². The van der Waals surface area contributed by atoms with Gasteiger partial charge in [-0.25, -0.2) is 0 Å². The number of nitrogens with zero attached hydrogens (tertiary/aromatic N) is 1. The number of hydrogen-bond acceptors (Lipinski definition) is 2. The number of carbonyl (C=O) groups is 1. The van der Waals surface area contributed by atoms with Crippen LogP contribution in [0.25, 0.3) is 0 Å². The summed E-state index contributed by atoms with van der Waals surface area (Å²) in [4.78, 5) is 14.2. The maximum atomic E-state index is 12.0. The molecule has 0 spiro atoms. The van der Waals surface area contributed by atoms with Gasteiger partial charge in [-0.15, -0.1) is 0 Å². The van der Waals surface area contributed by atoms with Gasteiger partial charge in [0, 0.05) is 25.9 Å². The fourth-order valence-electron chi connectivity index (χ4n) is 1.86. The van der Waals surface area contributed by atoms with Crippen molar-refractivity contribution in [1.82, 2.24) is 4.90 Å². The van der Waals surface area contributed by atoms with Crippen LogP contribution in [0.15, 0.2) is 24.3 Å². The molecule has 0 aliphatic rings. The molecule has 1 rings (SSSR count). The summed E-state index contributed by atoms with van der Waals surface area (Å²) in [6, 6.07) is 8.34. The third kappa shape index (κ3) is 5.39. The Kier molecular flexibility index (Phi) is 5.96. The van der Waals surface area contributed by atoms with Gasteiger partial charge < -0.3 is 10.6 Å². The number of aryl methyl sites for hydroxylation is 2. The predicted octanol–water partition coefficient (Wildman–Crippen LogP) is 2.45. The Balaban J connectivity index is 2.46. The highest BCUT2D eigenvalue weighted by Gasteiger charge is 2.16. The number of nitrogens with two attached hydrogens (primary N) is 1. The maximum absolute atomic E-state index is 12.0. The number of rotatable bonds is 6. The molecule has 1 aromatic carbocycles. The molecule has 4 heteroatoms. The minimum absolute atomic E-state index is 0.0583. The predicted molar refractivity (Wildman–Crippen MR) is 83.1 cm³/mol. The van der Waals surface area contributed by atoms with E-state index in [4.69, 9.17) is 18.0 Å². The lowest BCUT2D eigenvalue weighted by Crippen LogP contribution is -2.37. The van der Waals surface area contributed by atoms with Crippen LogP contribution < -0.4 is 5.73 Å². The molecule has 0 radical (unpaired) electrons. The van der Waals surface area contributed by atoms with E-state index in [1.165, 1.54) is 11.1 Å². The summed E-state index contributed by atoms with van der Waals surface area (Å²) in [5, 5.41) is 0. The van der Waals surface area contributed by atoms with Gasteiger partial charge in [0.2, 0.25) is 5.91 Å². The topological polar surface area (TPSA) is 46.3 Å². The van der Waals surface area contributed by atoms with Crippen LogP contribution in [0.3, 0.4) is 0 Å². The molecule has 0 fully saturated rings. The van der Waals surface area contributed by atoms with E-state index in [0.717, 1.165) is 6.42 Å². The first kappa shape index (κ1) is 15.6. The summed E-state index contributed by atoms with van der Waals surface area (Å²) in [6.07, 6.45) is 1.85. The molecule has 1 aromatic rings. The standard InChI is InChI=1S/C15H22N2OS/c1-11-4-6-13(7-5-11)8-9-15(18)17(3)12(2)10-14(16)19/h4-7,12H,8-10H2,1-3H3,(H2,16,19). The van der Waals surface area contributed by atoms with Gasteiger partial charge in [0.15, 0.2) is 0 Å². The average Bonchev–Trinajstić information content (AvgIpc) is 2.36. The second-order valence-electron chi connectivity index (χ2n) is 5.01. The van der Waals surface area contributed by atoms with Crippen molar-refractivity contribution in [3.8, 4) is 0 Å². The highest BCUT2D eigenvalue weighted by molar-refractivity contribution is 7.80. The largest absolute Gasteiger partial charge is 0.393 e. The van der Waals surface area contributed by atoms with Crippen LogP contribution in [0.1, 0.15) is 30.9 Å². The summed E-state index contributed by atoms with van der Waals surface area (Å²) in [5.74, 6) is 0.129. The van der Waals surface area contributed by atoms with Crippen LogP contribution in [-0.2, 0) is 11.2 Å². The number of amides is 1. The average molecular weight is 278 g/mol. The van der Waals surface area contributed by atoms with E-state index in [-0.39, 0.29) is 11.9 Å². The van der Waals surface area contributed by atoms with Crippen LogP contribution in [0, 0.1) is 6.92 Å². The molecule has 0 saturated heterocycles. The van der Waals surface area contributed by atoms with E-state index in [1.807, 2.05) is 6.92 Å². The quantitative estimate of drug-likeness (QED) is 0.813. The molecule has 1 amide bonds. The Hall–Kier alpha value is -1.42. The van der Waals surface area contributed by atoms with Crippen molar-refractivity contribution in [3.05, 3.63) is 35.4 Å². The van der Waals surface area contributed by atoms with Crippen molar-refractivity contribution < 1.29 is 4.79 Å². The van der Waals surface area contributed by atoms with Gasteiger partial charge >= 0.3 is 0 Å². The first-order chi connectivity index (χ1) is 8.90. The first-order valence-electron chi connectivity index (χ1n) is 6.49. The SMILES string of the molecule is Cc1ccc(CCC(=O)N(C)C(C)CC(N)=S)cc1. The molecule has 0 heterocycles. The van der Waals surface area contributed by atoms with Crippen molar-refractivity contribution >= 4 is 23.1 Å². The van der Waals surface area contributed by atoms with E-state index in [1.54, 1.807) is 11.9 Å². The van der Waals surface area contributed by atoms with E-state index in [9.17, 15) is 4.79 Å². The van der Waals surface area contributed by atoms with Crippen molar-refractivity contribution in [2.24, 2.45) is 5.73 Å². The Morgan fingerprint density at radius 3 is 2.47 bits per heavy atom. The Morgan fingerprint density at radius 1 is 1.37 bits per heavy atom. The Labute approximate surface area is 120 Å². The Morgan fingerprint density at radius 2 is 1.95 bits per heavy atom. The Bertz CT molecular complexity index is 442. The fourth-order valence-corrected chi connectivity index (χ4v) is 2.10. The molecule has 104 valence electrons. The second-order valence-corrected chi connectivity index (χ2v) is 5.53. The van der Waals surface area contributed by atoms with Gasteiger partial charge in [-0.2, -0.15) is 0 Å². The molecule has 0 bridgehead atoms. The zero-order valence-electron chi connectivity index (χ0n) is 11.8. The lowest BCUT2D eigenvalue weighted by Gasteiger charge is -2.24. The monoisotopic (exact) mass is 278 g/mol. The summed E-state index contributed by atoms with van der Waals surface area (Å²) in [6.45, 7) is 4.02. The second kappa shape index (κ2) is 7.24. The van der Waals surface area contributed by atoms with Crippen LogP contribution in [0.4, 0.5) is 0 Å². The number of benzene rings is 1. The summed E-state index contributed by atoms with van der Waals surface area (Å²) in [7, 11) is 1.81. The minimum Gasteiger partial charge on any atom is -0.393 e. The number of thiocarbonyl (C=S) groups is 1. The minimum atomic E-state index is 0.0583. The van der Waals surface area contributed by atoms with Crippen LogP contribution >= 0.6 is 12.2 Å². The van der Waals surface area contributed by atoms with Gasteiger partial charge in [0.05, 0.1) is 4.99 Å². The van der Waals surface area contributed by atoms with Crippen molar-refractivity contribution in [2.45, 2.75) is 39.2 Å². The molecule has 1 atom stereocenters. The number of carbonyl (C=O) groups excluding carboxylic acids is 1.